The van der Waals surface area contributed by atoms with E-state index in [1.54, 1.807) is 9.42 Å². The first-order valence-electron chi connectivity index (χ1n) is 9.50. The van der Waals surface area contributed by atoms with Crippen molar-refractivity contribution in [3.05, 3.63) is 17.5 Å². The fourth-order valence-corrected chi connectivity index (χ4v) is 3.39. The highest BCUT2D eigenvalue weighted by atomic mass is 16.6. The van der Waals surface area contributed by atoms with Crippen LogP contribution in [-0.2, 0) is 11.2 Å². The lowest BCUT2D eigenvalue weighted by molar-refractivity contribution is 0.0158. The Bertz CT molecular complexity index is 854. The summed E-state index contributed by atoms with van der Waals surface area (Å²) in [6, 6.07) is 2.05. The van der Waals surface area contributed by atoms with Gasteiger partial charge < -0.3 is 20.3 Å². The van der Waals surface area contributed by atoms with E-state index >= 15 is 0 Å². The van der Waals surface area contributed by atoms with Crippen molar-refractivity contribution in [2.45, 2.75) is 59.6 Å². The number of nitrogens with zero attached hydrogens (tertiary/aromatic N) is 5. The lowest BCUT2D eigenvalue weighted by Crippen LogP contribution is -2.55. The van der Waals surface area contributed by atoms with Crippen LogP contribution in [0.25, 0.3) is 5.65 Å². The molecule has 3 rings (SSSR count). The van der Waals surface area contributed by atoms with Crippen LogP contribution in [0.4, 0.5) is 16.3 Å². The largest absolute Gasteiger partial charge is 0.444 e. The van der Waals surface area contributed by atoms with E-state index in [4.69, 9.17) is 15.5 Å². The molecule has 1 aliphatic rings. The highest BCUT2D eigenvalue weighted by Crippen LogP contribution is 2.25. The molecule has 0 aliphatic carbocycles. The third-order valence-electron chi connectivity index (χ3n) is 4.78. The van der Waals surface area contributed by atoms with Gasteiger partial charge in [-0.3, -0.25) is 0 Å². The average Bonchev–Trinajstić information content (AvgIpc) is 2.90. The Morgan fingerprint density at radius 1 is 1.37 bits per heavy atom. The van der Waals surface area contributed by atoms with Crippen LogP contribution >= 0.6 is 0 Å². The fourth-order valence-electron chi connectivity index (χ4n) is 3.39. The number of aryl methyl sites for hydroxylation is 2. The standard InChI is InChI=1S/C19H30N6O2/c1-7-14-16(20)17-21-15(10-12(2)25(17)22-14)23-8-9-24(13(3)11-23)18(26)27-19(4,5)6/h10,13H,7-9,11,20H2,1-6H3. The molecular weight excluding hydrogens is 344 g/mol. The summed E-state index contributed by atoms with van der Waals surface area (Å²) in [6.07, 6.45) is 0.511. The fraction of sp³-hybridized carbons (Fsp3) is 0.632. The molecule has 0 saturated carbocycles. The second kappa shape index (κ2) is 6.90. The topological polar surface area (TPSA) is 89.0 Å². The number of nitrogens with two attached hydrogens (primary N) is 1. The van der Waals surface area contributed by atoms with Crippen LogP contribution in [0.5, 0.6) is 0 Å². The molecule has 0 aromatic carbocycles. The Hall–Kier alpha value is -2.51. The molecule has 148 valence electrons. The maximum atomic E-state index is 12.4. The third kappa shape index (κ3) is 3.79. The van der Waals surface area contributed by atoms with Gasteiger partial charge in [-0.05, 0) is 41.0 Å². The van der Waals surface area contributed by atoms with Crippen molar-refractivity contribution in [3.8, 4) is 0 Å². The summed E-state index contributed by atoms with van der Waals surface area (Å²) in [4.78, 5) is 21.2. The number of carbonyl (C=O) groups excluding carboxylic acids is 1. The molecule has 1 amide bonds. The van der Waals surface area contributed by atoms with Gasteiger partial charge in [0.25, 0.3) is 0 Å². The first-order chi connectivity index (χ1) is 12.6. The van der Waals surface area contributed by atoms with E-state index in [2.05, 4.69) is 10.00 Å². The van der Waals surface area contributed by atoms with Gasteiger partial charge in [0.05, 0.1) is 5.69 Å². The first kappa shape index (κ1) is 19.3. The number of carbonyl (C=O) groups is 1. The summed E-state index contributed by atoms with van der Waals surface area (Å²) >= 11 is 0. The van der Waals surface area contributed by atoms with Crippen LogP contribution in [0.3, 0.4) is 0 Å². The molecule has 27 heavy (non-hydrogen) atoms. The van der Waals surface area contributed by atoms with Crippen molar-refractivity contribution in [2.24, 2.45) is 0 Å². The zero-order valence-corrected chi connectivity index (χ0v) is 17.1. The van der Waals surface area contributed by atoms with Gasteiger partial charge in [0, 0.05) is 37.4 Å². The van der Waals surface area contributed by atoms with E-state index in [0.29, 0.717) is 31.0 Å². The average molecular weight is 374 g/mol. The highest BCUT2D eigenvalue weighted by molar-refractivity contribution is 5.71. The zero-order chi connectivity index (χ0) is 19.9. The third-order valence-corrected chi connectivity index (χ3v) is 4.78. The summed E-state index contributed by atoms with van der Waals surface area (Å²) in [7, 11) is 0. The first-order valence-corrected chi connectivity index (χ1v) is 9.50. The summed E-state index contributed by atoms with van der Waals surface area (Å²) in [5.74, 6) is 0.866. The highest BCUT2D eigenvalue weighted by Gasteiger charge is 2.31. The smallest absolute Gasteiger partial charge is 0.410 e. The Morgan fingerprint density at radius 2 is 2.07 bits per heavy atom. The molecule has 3 heterocycles. The van der Waals surface area contributed by atoms with Crippen LogP contribution in [-0.4, -0.2) is 56.9 Å². The number of piperazine rings is 1. The zero-order valence-electron chi connectivity index (χ0n) is 17.1. The lowest BCUT2D eigenvalue weighted by Gasteiger charge is -2.40. The van der Waals surface area contributed by atoms with E-state index in [1.807, 2.05) is 47.6 Å². The molecule has 1 fully saturated rings. The van der Waals surface area contributed by atoms with Gasteiger partial charge in [-0.25, -0.2) is 14.3 Å². The van der Waals surface area contributed by atoms with Crippen molar-refractivity contribution < 1.29 is 9.53 Å². The predicted molar refractivity (Wildman–Crippen MR) is 106 cm³/mol. The molecule has 1 atom stereocenters. The second-order valence-electron chi connectivity index (χ2n) is 8.17. The van der Waals surface area contributed by atoms with Crippen molar-refractivity contribution in [1.29, 1.82) is 0 Å². The molecule has 8 heteroatoms. The summed E-state index contributed by atoms with van der Waals surface area (Å²) in [6.45, 7) is 13.7. The van der Waals surface area contributed by atoms with Crippen LogP contribution in [0.1, 0.15) is 46.0 Å². The monoisotopic (exact) mass is 374 g/mol. The van der Waals surface area contributed by atoms with Gasteiger partial charge >= 0.3 is 6.09 Å². The van der Waals surface area contributed by atoms with Crippen LogP contribution in [0, 0.1) is 6.92 Å². The van der Waals surface area contributed by atoms with Crippen molar-refractivity contribution in [1.82, 2.24) is 19.5 Å². The maximum absolute atomic E-state index is 12.4. The Labute approximate surface area is 160 Å². The number of ether oxygens (including phenoxy) is 1. The number of nitrogen functional groups attached to an aromatic ring is 1. The van der Waals surface area contributed by atoms with E-state index in [1.165, 1.54) is 0 Å². The van der Waals surface area contributed by atoms with Gasteiger partial charge in [-0.1, -0.05) is 6.92 Å². The van der Waals surface area contributed by atoms with Gasteiger partial charge in [0.2, 0.25) is 0 Å². The summed E-state index contributed by atoms with van der Waals surface area (Å²) < 4.78 is 7.32. The second-order valence-corrected chi connectivity index (χ2v) is 8.17. The van der Waals surface area contributed by atoms with Crippen LogP contribution < -0.4 is 10.6 Å². The van der Waals surface area contributed by atoms with Crippen LogP contribution in [0.15, 0.2) is 6.07 Å². The molecule has 1 saturated heterocycles. The van der Waals surface area contributed by atoms with Crippen molar-refractivity contribution in [2.75, 3.05) is 30.3 Å². The molecule has 0 bridgehead atoms. The van der Waals surface area contributed by atoms with E-state index < -0.39 is 5.60 Å². The summed E-state index contributed by atoms with van der Waals surface area (Å²) in [5.41, 5.74) is 8.93. The maximum Gasteiger partial charge on any atom is 0.410 e. The predicted octanol–water partition coefficient (Wildman–Crippen LogP) is 2.63. The molecule has 2 N–H and O–H groups in total. The number of anilines is 2. The molecule has 0 spiro atoms. The SMILES string of the molecule is CCc1nn2c(C)cc(N3CCN(C(=O)OC(C)(C)C)C(C)C3)nc2c1N. The minimum atomic E-state index is -0.492. The van der Waals surface area contributed by atoms with E-state index in [-0.39, 0.29) is 12.1 Å². The van der Waals surface area contributed by atoms with Gasteiger partial charge in [-0.2, -0.15) is 5.10 Å². The number of rotatable bonds is 2. The molecule has 2 aromatic rings. The molecular formula is C19H30N6O2. The summed E-state index contributed by atoms with van der Waals surface area (Å²) in [5, 5.41) is 4.54. The molecule has 8 nitrogen and oxygen atoms in total. The Balaban J connectivity index is 1.81. The van der Waals surface area contributed by atoms with Crippen LogP contribution in [0.2, 0.25) is 0 Å². The lowest BCUT2D eigenvalue weighted by atomic mass is 10.2. The van der Waals surface area contributed by atoms with E-state index in [9.17, 15) is 4.79 Å². The van der Waals surface area contributed by atoms with Crippen molar-refractivity contribution in [3.63, 3.8) is 0 Å². The molecule has 0 radical (unpaired) electrons. The quantitative estimate of drug-likeness (QED) is 0.869. The van der Waals surface area contributed by atoms with E-state index in [0.717, 1.165) is 23.6 Å². The van der Waals surface area contributed by atoms with Crippen molar-refractivity contribution >= 4 is 23.2 Å². The Kier molecular flexibility index (Phi) is 4.92. The number of aromatic nitrogens is 3. The van der Waals surface area contributed by atoms with Gasteiger partial charge in [0.1, 0.15) is 17.1 Å². The molecule has 2 aromatic heterocycles. The Morgan fingerprint density at radius 3 is 2.67 bits per heavy atom. The minimum absolute atomic E-state index is 0.0281. The molecule has 1 aliphatic heterocycles. The minimum Gasteiger partial charge on any atom is -0.444 e. The number of hydrogen-bond acceptors (Lipinski definition) is 6. The van der Waals surface area contributed by atoms with Gasteiger partial charge in [0.15, 0.2) is 5.65 Å². The number of hydrogen-bond donors (Lipinski definition) is 1. The van der Waals surface area contributed by atoms with Gasteiger partial charge in [-0.15, -0.1) is 0 Å². The number of fused-ring (bicyclic) bond motifs is 1. The number of amides is 1. The normalized spacial score (nSPS) is 18.2. The molecule has 1 unspecified atom stereocenters.